The van der Waals surface area contributed by atoms with E-state index in [0.717, 1.165) is 11.4 Å². The van der Waals surface area contributed by atoms with Crippen LogP contribution in [0.2, 0.25) is 5.02 Å². The van der Waals surface area contributed by atoms with Crippen molar-refractivity contribution in [3.63, 3.8) is 0 Å². The van der Waals surface area contributed by atoms with Gasteiger partial charge in [0.15, 0.2) is 17.3 Å². The maximum atomic E-state index is 14.2. The molecule has 0 radical (unpaired) electrons. The van der Waals surface area contributed by atoms with Crippen molar-refractivity contribution >= 4 is 28.8 Å². The lowest BCUT2D eigenvalue weighted by Gasteiger charge is -2.08. The monoisotopic (exact) mass is 369 g/mol. The number of fused-ring (bicyclic) bond motifs is 1. The van der Waals surface area contributed by atoms with Gasteiger partial charge < -0.3 is 10.1 Å². The summed E-state index contributed by atoms with van der Waals surface area (Å²) in [6.45, 7) is 0. The summed E-state index contributed by atoms with van der Waals surface area (Å²) in [5.74, 6) is 1.06. The van der Waals surface area contributed by atoms with Crippen LogP contribution in [0, 0.1) is 5.82 Å². The van der Waals surface area contributed by atoms with Crippen molar-refractivity contribution in [3.05, 3.63) is 65.4 Å². The second-order valence-corrected chi connectivity index (χ2v) is 5.87. The van der Waals surface area contributed by atoms with E-state index in [1.54, 1.807) is 25.3 Å². The van der Waals surface area contributed by atoms with E-state index in [1.807, 2.05) is 24.3 Å². The molecule has 0 spiro atoms. The fraction of sp³-hybridized carbons (Fsp3) is 0.0556. The molecular formula is C18H13ClFN5O. The topological polar surface area (TPSA) is 64.3 Å². The summed E-state index contributed by atoms with van der Waals surface area (Å²) in [7, 11) is 1.61. The Balaban J connectivity index is 1.74. The smallest absolute Gasteiger partial charge is 0.189 e. The van der Waals surface area contributed by atoms with Crippen molar-refractivity contribution in [2.75, 3.05) is 12.4 Å². The average Bonchev–Trinajstić information content (AvgIpc) is 3.05. The van der Waals surface area contributed by atoms with Crippen molar-refractivity contribution < 1.29 is 9.13 Å². The molecule has 2 aromatic heterocycles. The highest BCUT2D eigenvalue weighted by Gasteiger charge is 2.17. The van der Waals surface area contributed by atoms with Gasteiger partial charge in [-0.1, -0.05) is 17.7 Å². The van der Waals surface area contributed by atoms with Crippen molar-refractivity contribution in [3.8, 4) is 17.1 Å². The quantitative estimate of drug-likeness (QED) is 0.580. The van der Waals surface area contributed by atoms with Gasteiger partial charge in [0.2, 0.25) is 0 Å². The molecule has 130 valence electrons. The van der Waals surface area contributed by atoms with E-state index >= 15 is 0 Å². The van der Waals surface area contributed by atoms with Crippen LogP contribution in [0.25, 0.3) is 17.0 Å². The van der Waals surface area contributed by atoms with E-state index < -0.39 is 5.82 Å². The fourth-order valence-electron chi connectivity index (χ4n) is 2.55. The zero-order valence-electron chi connectivity index (χ0n) is 13.6. The highest BCUT2D eigenvalue weighted by atomic mass is 35.5. The van der Waals surface area contributed by atoms with Crippen molar-refractivity contribution in [1.29, 1.82) is 0 Å². The minimum absolute atomic E-state index is 0.163. The lowest BCUT2D eigenvalue weighted by molar-refractivity contribution is 0.415. The maximum Gasteiger partial charge on any atom is 0.189 e. The van der Waals surface area contributed by atoms with E-state index in [1.165, 1.54) is 16.6 Å². The molecule has 0 fully saturated rings. The molecule has 26 heavy (non-hydrogen) atoms. The number of hydrogen-bond acceptors (Lipinski definition) is 5. The first-order valence-corrected chi connectivity index (χ1v) is 8.11. The molecule has 0 saturated heterocycles. The zero-order chi connectivity index (χ0) is 18.1. The predicted molar refractivity (Wildman–Crippen MR) is 97.5 cm³/mol. The number of hydrogen-bond donors (Lipinski definition) is 1. The summed E-state index contributed by atoms with van der Waals surface area (Å²) in [6.07, 6.45) is 0. The largest absolute Gasteiger partial charge is 0.497 e. The van der Waals surface area contributed by atoms with Gasteiger partial charge >= 0.3 is 0 Å². The van der Waals surface area contributed by atoms with Crippen LogP contribution in [0.3, 0.4) is 0 Å². The number of aromatic nitrogens is 4. The van der Waals surface area contributed by atoms with Gasteiger partial charge in [0.25, 0.3) is 0 Å². The van der Waals surface area contributed by atoms with Crippen LogP contribution >= 0.6 is 11.6 Å². The van der Waals surface area contributed by atoms with Crippen LogP contribution in [0.5, 0.6) is 5.75 Å². The molecule has 0 saturated carbocycles. The van der Waals surface area contributed by atoms with E-state index in [9.17, 15) is 4.39 Å². The van der Waals surface area contributed by atoms with Gasteiger partial charge in [-0.15, -0.1) is 15.3 Å². The lowest BCUT2D eigenvalue weighted by Crippen LogP contribution is -2.01. The van der Waals surface area contributed by atoms with Crippen LogP contribution in [0.15, 0.2) is 54.6 Å². The van der Waals surface area contributed by atoms with Gasteiger partial charge in [-0.3, -0.25) is 0 Å². The highest BCUT2D eigenvalue weighted by Crippen LogP contribution is 2.29. The van der Waals surface area contributed by atoms with Gasteiger partial charge in [0.05, 0.1) is 17.7 Å². The first kappa shape index (κ1) is 16.3. The standard InChI is InChI=1S/C18H13ClFN5O/c1-26-12-7-5-11(6-8-12)21-15-9-10-16-22-23-18(25(16)24-15)17-13(19)3-2-4-14(17)20/h2-10H,1H3,(H,21,24). The van der Waals surface area contributed by atoms with Crippen LogP contribution in [0.4, 0.5) is 15.9 Å². The predicted octanol–water partition coefficient (Wildman–Crippen LogP) is 4.34. The number of rotatable bonds is 4. The molecule has 0 bridgehead atoms. The van der Waals surface area contributed by atoms with Gasteiger partial charge in [-0.2, -0.15) is 4.52 Å². The molecule has 0 aliphatic rings. The summed E-state index contributed by atoms with van der Waals surface area (Å²) in [5.41, 5.74) is 1.48. The third-order valence-corrected chi connectivity index (χ3v) is 4.13. The molecule has 1 N–H and O–H groups in total. The molecule has 2 aromatic carbocycles. The van der Waals surface area contributed by atoms with Gasteiger partial charge in [0, 0.05) is 5.69 Å². The van der Waals surface area contributed by atoms with E-state index in [-0.39, 0.29) is 16.4 Å². The number of methoxy groups -OCH3 is 1. The molecule has 2 heterocycles. The van der Waals surface area contributed by atoms with E-state index in [4.69, 9.17) is 16.3 Å². The Kier molecular flexibility index (Phi) is 4.14. The first-order valence-electron chi connectivity index (χ1n) is 7.73. The maximum absolute atomic E-state index is 14.2. The summed E-state index contributed by atoms with van der Waals surface area (Å²) in [6, 6.07) is 15.4. The normalized spacial score (nSPS) is 10.9. The molecule has 0 aliphatic heterocycles. The number of ether oxygens (including phenoxy) is 1. The molecule has 0 atom stereocenters. The molecule has 8 heteroatoms. The lowest BCUT2D eigenvalue weighted by atomic mass is 10.2. The summed E-state index contributed by atoms with van der Waals surface area (Å²) in [5, 5.41) is 15.9. The SMILES string of the molecule is COc1ccc(Nc2ccc3nnc(-c4c(F)cccc4Cl)n3n2)cc1. The van der Waals surface area contributed by atoms with Crippen molar-refractivity contribution in [2.45, 2.75) is 0 Å². The van der Waals surface area contributed by atoms with E-state index in [2.05, 4.69) is 20.6 Å². The van der Waals surface area contributed by atoms with Crippen LogP contribution in [-0.2, 0) is 0 Å². The Labute approximate surface area is 153 Å². The third-order valence-electron chi connectivity index (χ3n) is 3.81. The van der Waals surface area contributed by atoms with E-state index in [0.29, 0.717) is 11.5 Å². The Hall–Kier alpha value is -3.19. The number of nitrogens with zero attached hydrogens (tertiary/aromatic N) is 4. The molecule has 4 rings (SSSR count). The summed E-state index contributed by atoms with van der Waals surface area (Å²) < 4.78 is 20.8. The Morgan fingerprint density at radius 2 is 1.85 bits per heavy atom. The number of anilines is 2. The van der Waals surface area contributed by atoms with Gasteiger partial charge in [-0.05, 0) is 48.5 Å². The van der Waals surface area contributed by atoms with Crippen molar-refractivity contribution in [2.24, 2.45) is 0 Å². The molecule has 4 aromatic rings. The highest BCUT2D eigenvalue weighted by molar-refractivity contribution is 6.33. The first-order chi connectivity index (χ1) is 12.7. The fourth-order valence-corrected chi connectivity index (χ4v) is 2.79. The zero-order valence-corrected chi connectivity index (χ0v) is 14.4. The molecular weight excluding hydrogens is 357 g/mol. The summed E-state index contributed by atoms with van der Waals surface area (Å²) in [4.78, 5) is 0. The minimum atomic E-state index is -0.484. The minimum Gasteiger partial charge on any atom is -0.497 e. The number of halogens is 2. The second-order valence-electron chi connectivity index (χ2n) is 5.46. The summed E-state index contributed by atoms with van der Waals surface area (Å²) >= 11 is 6.14. The third kappa shape index (κ3) is 2.93. The second kappa shape index (κ2) is 6.61. The Morgan fingerprint density at radius 3 is 2.58 bits per heavy atom. The molecule has 0 unspecified atom stereocenters. The molecule has 0 amide bonds. The van der Waals surface area contributed by atoms with Gasteiger partial charge in [-0.25, -0.2) is 4.39 Å². The average molecular weight is 370 g/mol. The molecule has 6 nitrogen and oxygen atoms in total. The van der Waals surface area contributed by atoms with Crippen LogP contribution < -0.4 is 10.1 Å². The number of nitrogens with one attached hydrogen (secondary N) is 1. The Morgan fingerprint density at radius 1 is 1.04 bits per heavy atom. The number of benzene rings is 2. The molecule has 0 aliphatic carbocycles. The Bertz CT molecular complexity index is 1060. The van der Waals surface area contributed by atoms with Gasteiger partial charge in [0.1, 0.15) is 11.6 Å². The van der Waals surface area contributed by atoms with Crippen molar-refractivity contribution in [1.82, 2.24) is 19.8 Å². The van der Waals surface area contributed by atoms with Crippen LogP contribution in [-0.4, -0.2) is 26.9 Å². The van der Waals surface area contributed by atoms with Crippen LogP contribution in [0.1, 0.15) is 0 Å².